The zero-order chi connectivity index (χ0) is 15.1. The van der Waals surface area contributed by atoms with Gasteiger partial charge in [-0.3, -0.25) is 9.78 Å². The molecule has 6 nitrogen and oxygen atoms in total. The molecule has 0 saturated heterocycles. The van der Waals surface area contributed by atoms with Gasteiger partial charge in [0.05, 0.1) is 25.4 Å². The zero-order valence-corrected chi connectivity index (χ0v) is 11.7. The summed E-state index contributed by atoms with van der Waals surface area (Å²) >= 11 is 0. The summed E-state index contributed by atoms with van der Waals surface area (Å²) in [7, 11) is 0. The molecule has 21 heavy (non-hydrogen) atoms. The summed E-state index contributed by atoms with van der Waals surface area (Å²) in [6.45, 7) is 2.89. The van der Waals surface area contributed by atoms with Crippen molar-refractivity contribution in [3.8, 4) is 5.88 Å². The molecule has 0 aliphatic heterocycles. The van der Waals surface area contributed by atoms with Gasteiger partial charge in [0.2, 0.25) is 5.88 Å². The van der Waals surface area contributed by atoms with Gasteiger partial charge in [0, 0.05) is 6.54 Å². The SMILES string of the molecule is CCOc1cncc(NCc2ccccc2CC(=O)O)n1. The standard InChI is InChI=1S/C15H17N3O3/c1-2-21-14-10-16-9-13(18-14)17-8-12-6-4-3-5-11(12)7-15(19)20/h3-6,9-10H,2,7-8H2,1H3,(H,17,18)(H,19,20). The van der Waals surface area contributed by atoms with Crippen molar-refractivity contribution in [1.29, 1.82) is 0 Å². The van der Waals surface area contributed by atoms with Crippen molar-refractivity contribution in [2.75, 3.05) is 11.9 Å². The van der Waals surface area contributed by atoms with Crippen LogP contribution in [0.4, 0.5) is 5.82 Å². The molecule has 0 bridgehead atoms. The van der Waals surface area contributed by atoms with E-state index in [1.54, 1.807) is 12.4 Å². The van der Waals surface area contributed by atoms with Crippen LogP contribution in [0.2, 0.25) is 0 Å². The lowest BCUT2D eigenvalue weighted by Crippen LogP contribution is -2.08. The van der Waals surface area contributed by atoms with Crippen molar-refractivity contribution in [2.45, 2.75) is 19.9 Å². The van der Waals surface area contributed by atoms with E-state index in [0.29, 0.717) is 24.8 Å². The summed E-state index contributed by atoms with van der Waals surface area (Å²) in [4.78, 5) is 19.2. The van der Waals surface area contributed by atoms with E-state index in [0.717, 1.165) is 11.1 Å². The molecule has 0 spiro atoms. The highest BCUT2D eigenvalue weighted by Gasteiger charge is 2.06. The molecule has 0 amide bonds. The smallest absolute Gasteiger partial charge is 0.307 e. The Morgan fingerprint density at radius 3 is 2.76 bits per heavy atom. The molecule has 110 valence electrons. The fraction of sp³-hybridized carbons (Fsp3) is 0.267. The maximum absolute atomic E-state index is 10.9. The van der Waals surface area contributed by atoms with Gasteiger partial charge in [-0.15, -0.1) is 0 Å². The minimum absolute atomic E-state index is 0.00250. The number of nitrogens with zero attached hydrogens (tertiary/aromatic N) is 2. The Bertz CT molecular complexity index is 617. The third-order valence-electron chi connectivity index (χ3n) is 2.82. The number of carboxylic acid groups (broad SMARTS) is 1. The van der Waals surface area contributed by atoms with E-state index in [1.165, 1.54) is 0 Å². The minimum Gasteiger partial charge on any atom is -0.481 e. The highest BCUT2D eigenvalue weighted by molar-refractivity contribution is 5.70. The van der Waals surface area contributed by atoms with Gasteiger partial charge in [0.25, 0.3) is 0 Å². The number of hydrogen-bond acceptors (Lipinski definition) is 5. The predicted octanol–water partition coefficient (Wildman–Crippen LogP) is 2.11. The van der Waals surface area contributed by atoms with Crippen molar-refractivity contribution in [2.24, 2.45) is 0 Å². The highest BCUT2D eigenvalue weighted by atomic mass is 16.5. The Labute approximate surface area is 122 Å². The first-order valence-electron chi connectivity index (χ1n) is 6.66. The van der Waals surface area contributed by atoms with Crippen LogP contribution in [0.3, 0.4) is 0 Å². The Kier molecular flexibility index (Phi) is 5.09. The number of benzene rings is 1. The minimum atomic E-state index is -0.847. The maximum atomic E-state index is 10.9. The second-order valence-electron chi connectivity index (χ2n) is 4.37. The number of aliphatic carboxylic acids is 1. The number of aromatic nitrogens is 2. The Balaban J connectivity index is 2.06. The fourth-order valence-corrected chi connectivity index (χ4v) is 1.90. The van der Waals surface area contributed by atoms with E-state index < -0.39 is 5.97 Å². The average molecular weight is 287 g/mol. The van der Waals surface area contributed by atoms with Gasteiger partial charge in [-0.05, 0) is 18.1 Å². The molecule has 1 aromatic heterocycles. The molecule has 2 aromatic rings. The Morgan fingerprint density at radius 2 is 2.05 bits per heavy atom. The Morgan fingerprint density at radius 1 is 1.29 bits per heavy atom. The molecule has 0 saturated carbocycles. The van der Waals surface area contributed by atoms with Gasteiger partial charge in [-0.25, -0.2) is 0 Å². The van der Waals surface area contributed by atoms with Crippen molar-refractivity contribution in [3.63, 3.8) is 0 Å². The lowest BCUT2D eigenvalue weighted by atomic mass is 10.0. The first-order chi connectivity index (χ1) is 10.2. The summed E-state index contributed by atoms with van der Waals surface area (Å²) in [5.74, 6) is 0.202. The van der Waals surface area contributed by atoms with Crippen LogP contribution in [0.15, 0.2) is 36.7 Å². The van der Waals surface area contributed by atoms with E-state index in [1.807, 2.05) is 31.2 Å². The number of carbonyl (C=O) groups is 1. The van der Waals surface area contributed by atoms with E-state index >= 15 is 0 Å². The highest BCUT2D eigenvalue weighted by Crippen LogP contribution is 2.13. The van der Waals surface area contributed by atoms with E-state index in [-0.39, 0.29) is 6.42 Å². The molecule has 0 unspecified atom stereocenters. The molecule has 1 aromatic carbocycles. The van der Waals surface area contributed by atoms with Crippen LogP contribution in [-0.2, 0) is 17.8 Å². The van der Waals surface area contributed by atoms with Crippen LogP contribution in [0.5, 0.6) is 5.88 Å². The molecule has 2 N–H and O–H groups in total. The lowest BCUT2D eigenvalue weighted by Gasteiger charge is -2.10. The van der Waals surface area contributed by atoms with Crippen LogP contribution in [0, 0.1) is 0 Å². The molecule has 0 fully saturated rings. The number of carboxylic acids is 1. The van der Waals surface area contributed by atoms with Gasteiger partial charge >= 0.3 is 5.97 Å². The third-order valence-corrected chi connectivity index (χ3v) is 2.82. The van der Waals surface area contributed by atoms with Crippen molar-refractivity contribution < 1.29 is 14.6 Å². The average Bonchev–Trinajstić information content (AvgIpc) is 2.47. The molecular weight excluding hydrogens is 270 g/mol. The summed E-state index contributed by atoms with van der Waals surface area (Å²) in [5, 5.41) is 12.0. The molecule has 2 rings (SSSR count). The number of ether oxygens (including phenoxy) is 1. The molecular formula is C15H17N3O3. The number of rotatable bonds is 7. The normalized spacial score (nSPS) is 10.1. The van der Waals surface area contributed by atoms with Crippen molar-refractivity contribution >= 4 is 11.8 Å². The van der Waals surface area contributed by atoms with Crippen molar-refractivity contribution in [3.05, 3.63) is 47.8 Å². The fourth-order valence-electron chi connectivity index (χ4n) is 1.90. The topological polar surface area (TPSA) is 84.3 Å². The van der Waals surface area contributed by atoms with Gasteiger partial charge in [-0.2, -0.15) is 4.98 Å². The number of hydrogen-bond donors (Lipinski definition) is 2. The van der Waals surface area contributed by atoms with E-state index in [2.05, 4.69) is 15.3 Å². The summed E-state index contributed by atoms with van der Waals surface area (Å²) in [6.07, 6.45) is 3.15. The summed E-state index contributed by atoms with van der Waals surface area (Å²) in [6, 6.07) is 7.42. The number of nitrogens with one attached hydrogen (secondary N) is 1. The van der Waals surface area contributed by atoms with Gasteiger partial charge < -0.3 is 15.2 Å². The maximum Gasteiger partial charge on any atom is 0.307 e. The van der Waals surface area contributed by atoms with Crippen molar-refractivity contribution in [1.82, 2.24) is 9.97 Å². The predicted molar refractivity (Wildman–Crippen MR) is 78.3 cm³/mol. The van der Waals surface area contributed by atoms with E-state index in [9.17, 15) is 4.79 Å². The largest absolute Gasteiger partial charge is 0.481 e. The number of anilines is 1. The quantitative estimate of drug-likeness (QED) is 0.811. The second-order valence-corrected chi connectivity index (χ2v) is 4.37. The lowest BCUT2D eigenvalue weighted by molar-refractivity contribution is -0.136. The van der Waals surface area contributed by atoms with Crippen LogP contribution in [0.25, 0.3) is 0 Å². The van der Waals surface area contributed by atoms with Crippen LogP contribution >= 0.6 is 0 Å². The molecule has 1 heterocycles. The van der Waals surface area contributed by atoms with Crippen LogP contribution in [-0.4, -0.2) is 27.7 Å². The molecule has 0 aliphatic carbocycles. The molecule has 0 aliphatic rings. The van der Waals surface area contributed by atoms with Crippen LogP contribution in [0.1, 0.15) is 18.1 Å². The monoisotopic (exact) mass is 287 g/mol. The van der Waals surface area contributed by atoms with Gasteiger partial charge in [-0.1, -0.05) is 24.3 Å². The van der Waals surface area contributed by atoms with Gasteiger partial charge in [0.15, 0.2) is 0 Å². The first-order valence-corrected chi connectivity index (χ1v) is 6.66. The molecule has 0 radical (unpaired) electrons. The summed E-state index contributed by atoms with van der Waals surface area (Å²) in [5.41, 5.74) is 1.70. The van der Waals surface area contributed by atoms with E-state index in [4.69, 9.17) is 9.84 Å². The molecule has 6 heteroatoms. The van der Waals surface area contributed by atoms with Gasteiger partial charge in [0.1, 0.15) is 5.82 Å². The van der Waals surface area contributed by atoms with Crippen LogP contribution < -0.4 is 10.1 Å². The summed E-state index contributed by atoms with van der Waals surface area (Å²) < 4.78 is 5.28. The second kappa shape index (κ2) is 7.23. The third kappa shape index (κ3) is 4.45. The first kappa shape index (κ1) is 14.8. The molecule has 0 atom stereocenters. The zero-order valence-electron chi connectivity index (χ0n) is 11.7. The Hall–Kier alpha value is -2.63.